The van der Waals surface area contributed by atoms with Gasteiger partial charge in [0.2, 0.25) is 0 Å². The van der Waals surface area contributed by atoms with Crippen LogP contribution in [0.2, 0.25) is 0 Å². The first kappa shape index (κ1) is 15.9. The number of thiocarbonyl (C=S) groups is 1. The summed E-state index contributed by atoms with van der Waals surface area (Å²) in [6.45, 7) is 3.54. The zero-order valence-corrected chi connectivity index (χ0v) is 13.8. The molecule has 0 saturated carbocycles. The van der Waals surface area contributed by atoms with E-state index >= 15 is 0 Å². The van der Waals surface area contributed by atoms with Crippen molar-refractivity contribution in [1.29, 1.82) is 0 Å². The highest BCUT2D eigenvalue weighted by Crippen LogP contribution is 2.24. The summed E-state index contributed by atoms with van der Waals surface area (Å²) in [5, 5.41) is 10.1. The molecule has 2 N–H and O–H groups in total. The summed E-state index contributed by atoms with van der Waals surface area (Å²) >= 11 is 6.93. The van der Waals surface area contributed by atoms with E-state index in [0.717, 1.165) is 41.5 Å². The lowest BCUT2D eigenvalue weighted by Crippen LogP contribution is -2.29. The number of ether oxygens (including phenoxy) is 1. The van der Waals surface area contributed by atoms with Gasteiger partial charge in [0.25, 0.3) is 0 Å². The number of aromatic nitrogens is 1. The average Bonchev–Trinajstić information content (AvgIpc) is 2.91. The third-order valence-corrected chi connectivity index (χ3v) is 3.87. The van der Waals surface area contributed by atoms with E-state index in [1.54, 1.807) is 18.4 Å². The lowest BCUT2D eigenvalue weighted by molar-refractivity contribution is 0.196. The van der Waals surface area contributed by atoms with E-state index in [2.05, 4.69) is 33.1 Å². The van der Waals surface area contributed by atoms with Gasteiger partial charge in [-0.2, -0.15) is 0 Å². The minimum absolute atomic E-state index is 0.623. The first-order chi connectivity index (χ1) is 10.2. The van der Waals surface area contributed by atoms with Gasteiger partial charge in [0.15, 0.2) is 5.11 Å². The number of nitrogens with one attached hydrogen (secondary N) is 2. The molecule has 2 rings (SSSR count). The van der Waals surface area contributed by atoms with E-state index in [9.17, 15) is 0 Å². The van der Waals surface area contributed by atoms with Crippen LogP contribution in [0, 0.1) is 6.92 Å². The summed E-state index contributed by atoms with van der Waals surface area (Å²) in [6.07, 6.45) is 0.927. The van der Waals surface area contributed by atoms with Crippen LogP contribution in [0.15, 0.2) is 29.6 Å². The number of methoxy groups -OCH3 is 1. The number of benzene rings is 1. The van der Waals surface area contributed by atoms with Crippen molar-refractivity contribution >= 4 is 34.4 Å². The molecule has 0 radical (unpaired) electrons. The Morgan fingerprint density at radius 3 is 3.00 bits per heavy atom. The molecule has 0 spiro atoms. The van der Waals surface area contributed by atoms with Crippen LogP contribution in [0.1, 0.15) is 11.4 Å². The number of thiazole rings is 1. The van der Waals surface area contributed by atoms with Crippen molar-refractivity contribution in [3.8, 4) is 11.3 Å². The maximum absolute atomic E-state index is 5.27. The van der Waals surface area contributed by atoms with Crippen molar-refractivity contribution in [2.45, 2.75) is 13.3 Å². The van der Waals surface area contributed by atoms with Gasteiger partial charge in [0.1, 0.15) is 0 Å². The minimum Gasteiger partial charge on any atom is -0.385 e. The molecule has 4 nitrogen and oxygen atoms in total. The molecule has 0 bridgehead atoms. The number of anilines is 1. The molecule has 0 aliphatic carbocycles. The minimum atomic E-state index is 0.623. The summed E-state index contributed by atoms with van der Waals surface area (Å²) in [7, 11) is 1.70. The highest BCUT2D eigenvalue weighted by molar-refractivity contribution is 7.80. The molecule has 0 aliphatic heterocycles. The van der Waals surface area contributed by atoms with E-state index < -0.39 is 0 Å². The molecule has 2 aromatic rings. The molecule has 0 saturated heterocycles. The van der Waals surface area contributed by atoms with E-state index in [0.29, 0.717) is 5.11 Å². The Hall–Kier alpha value is -1.50. The summed E-state index contributed by atoms with van der Waals surface area (Å²) in [5.41, 5.74) is 3.05. The normalized spacial score (nSPS) is 10.4. The van der Waals surface area contributed by atoms with Crippen molar-refractivity contribution in [3.63, 3.8) is 0 Å². The third kappa shape index (κ3) is 5.08. The molecular weight excluding hydrogens is 302 g/mol. The quantitative estimate of drug-likeness (QED) is 0.630. The van der Waals surface area contributed by atoms with Gasteiger partial charge in [-0.1, -0.05) is 12.1 Å². The van der Waals surface area contributed by atoms with Crippen molar-refractivity contribution in [1.82, 2.24) is 10.3 Å². The van der Waals surface area contributed by atoms with Gasteiger partial charge in [-0.25, -0.2) is 4.98 Å². The Morgan fingerprint density at radius 2 is 2.29 bits per heavy atom. The first-order valence-electron chi connectivity index (χ1n) is 6.75. The second-order valence-electron chi connectivity index (χ2n) is 4.56. The number of hydrogen-bond donors (Lipinski definition) is 2. The Labute approximate surface area is 134 Å². The smallest absolute Gasteiger partial charge is 0.170 e. The summed E-state index contributed by atoms with van der Waals surface area (Å²) in [6, 6.07) is 8.10. The molecule has 0 aliphatic rings. The summed E-state index contributed by atoms with van der Waals surface area (Å²) in [5.74, 6) is 0. The molecule has 6 heteroatoms. The van der Waals surface area contributed by atoms with Crippen LogP contribution in [0.25, 0.3) is 11.3 Å². The van der Waals surface area contributed by atoms with Gasteiger partial charge in [-0.05, 0) is 37.7 Å². The monoisotopic (exact) mass is 321 g/mol. The Bertz CT molecular complexity index is 598. The highest BCUT2D eigenvalue weighted by Gasteiger charge is 2.04. The zero-order valence-electron chi connectivity index (χ0n) is 12.2. The SMILES string of the molecule is COCCCNC(=S)Nc1cccc(-c2csc(C)n2)c1. The largest absolute Gasteiger partial charge is 0.385 e. The fraction of sp³-hybridized carbons (Fsp3) is 0.333. The summed E-state index contributed by atoms with van der Waals surface area (Å²) < 4.78 is 5.00. The van der Waals surface area contributed by atoms with E-state index in [1.165, 1.54) is 0 Å². The molecular formula is C15H19N3OS2. The molecule has 21 heavy (non-hydrogen) atoms. The standard InChI is InChI=1S/C15H19N3OS2/c1-11-17-14(10-21-11)12-5-3-6-13(9-12)18-15(20)16-7-4-8-19-2/h3,5-6,9-10H,4,7-8H2,1-2H3,(H2,16,18,20). The maximum Gasteiger partial charge on any atom is 0.170 e. The molecule has 0 unspecified atom stereocenters. The molecule has 1 aromatic heterocycles. The van der Waals surface area contributed by atoms with Crippen LogP contribution < -0.4 is 10.6 Å². The second-order valence-corrected chi connectivity index (χ2v) is 6.03. The number of aryl methyl sites for hydroxylation is 1. The fourth-order valence-electron chi connectivity index (χ4n) is 1.85. The van der Waals surface area contributed by atoms with E-state index in [1.807, 2.05) is 19.1 Å². The van der Waals surface area contributed by atoms with Gasteiger partial charge in [0, 0.05) is 36.9 Å². The predicted octanol–water partition coefficient (Wildman–Crippen LogP) is 3.44. The molecule has 0 amide bonds. The lowest BCUT2D eigenvalue weighted by atomic mass is 10.1. The summed E-state index contributed by atoms with van der Waals surface area (Å²) in [4.78, 5) is 4.50. The third-order valence-electron chi connectivity index (χ3n) is 2.85. The molecule has 112 valence electrons. The van der Waals surface area contributed by atoms with Crippen molar-refractivity contribution in [2.24, 2.45) is 0 Å². The van der Waals surface area contributed by atoms with Gasteiger partial charge in [0.05, 0.1) is 10.7 Å². The van der Waals surface area contributed by atoms with Crippen LogP contribution in [-0.4, -0.2) is 30.4 Å². The van der Waals surface area contributed by atoms with Crippen LogP contribution in [0.5, 0.6) is 0 Å². The Balaban J connectivity index is 1.93. The fourth-order valence-corrected chi connectivity index (χ4v) is 2.69. The van der Waals surface area contributed by atoms with Crippen LogP contribution in [0.4, 0.5) is 5.69 Å². The van der Waals surface area contributed by atoms with Crippen molar-refractivity contribution < 1.29 is 4.74 Å². The topological polar surface area (TPSA) is 46.2 Å². The van der Waals surface area contributed by atoms with Crippen molar-refractivity contribution in [3.05, 3.63) is 34.7 Å². The van der Waals surface area contributed by atoms with Crippen LogP contribution in [-0.2, 0) is 4.74 Å². The number of rotatable bonds is 6. The number of hydrogen-bond acceptors (Lipinski definition) is 4. The van der Waals surface area contributed by atoms with E-state index in [4.69, 9.17) is 17.0 Å². The molecule has 0 fully saturated rings. The molecule has 0 atom stereocenters. The van der Waals surface area contributed by atoms with Crippen molar-refractivity contribution in [2.75, 3.05) is 25.6 Å². The predicted molar refractivity (Wildman–Crippen MR) is 93.0 cm³/mol. The Kier molecular flexibility index (Phi) is 6.10. The molecule has 1 heterocycles. The zero-order chi connectivity index (χ0) is 15.1. The lowest BCUT2D eigenvalue weighted by Gasteiger charge is -2.11. The van der Waals surface area contributed by atoms with Gasteiger partial charge >= 0.3 is 0 Å². The van der Waals surface area contributed by atoms with Crippen LogP contribution in [0.3, 0.4) is 0 Å². The Morgan fingerprint density at radius 1 is 1.43 bits per heavy atom. The number of nitrogens with zero attached hydrogens (tertiary/aromatic N) is 1. The van der Waals surface area contributed by atoms with E-state index in [-0.39, 0.29) is 0 Å². The van der Waals surface area contributed by atoms with Gasteiger partial charge < -0.3 is 15.4 Å². The van der Waals surface area contributed by atoms with Gasteiger partial charge in [-0.15, -0.1) is 11.3 Å². The van der Waals surface area contributed by atoms with Crippen LogP contribution >= 0.6 is 23.6 Å². The molecule has 1 aromatic carbocycles. The highest BCUT2D eigenvalue weighted by atomic mass is 32.1. The first-order valence-corrected chi connectivity index (χ1v) is 8.04. The maximum atomic E-state index is 5.27. The second kappa shape index (κ2) is 8.07. The van der Waals surface area contributed by atoms with Gasteiger partial charge in [-0.3, -0.25) is 0 Å². The average molecular weight is 321 g/mol.